The van der Waals surface area contributed by atoms with Gasteiger partial charge in [-0.2, -0.15) is 5.10 Å². The Bertz CT molecular complexity index is 579. The average molecular weight is 271 g/mol. The van der Waals surface area contributed by atoms with Gasteiger partial charge >= 0.3 is 0 Å². The molecule has 0 fully saturated rings. The molecule has 0 saturated carbocycles. The van der Waals surface area contributed by atoms with Gasteiger partial charge < -0.3 is 10.1 Å². The zero-order valence-corrected chi connectivity index (χ0v) is 12.5. The monoisotopic (exact) mass is 271 g/mol. The summed E-state index contributed by atoms with van der Waals surface area (Å²) in [7, 11) is 0. The molecule has 0 aliphatic rings. The van der Waals surface area contributed by atoms with Gasteiger partial charge in [-0.1, -0.05) is 19.1 Å². The molecule has 0 atom stereocenters. The van der Waals surface area contributed by atoms with Crippen LogP contribution in [0.3, 0.4) is 0 Å². The van der Waals surface area contributed by atoms with E-state index >= 15 is 0 Å². The maximum absolute atomic E-state index is 5.89. The van der Waals surface area contributed by atoms with Crippen LogP contribution in [0.4, 0.5) is 0 Å². The molecule has 0 bridgehead atoms. The third-order valence-corrected chi connectivity index (χ3v) is 3.33. The van der Waals surface area contributed by atoms with Crippen LogP contribution in [0, 0.1) is 20.8 Å². The van der Waals surface area contributed by atoms with Crippen LogP contribution < -0.4 is 10.1 Å². The van der Waals surface area contributed by atoms with E-state index in [4.69, 9.17) is 4.74 Å². The number of aryl methyl sites for hydroxylation is 2. The fraction of sp³-hybridized carbons (Fsp3) is 0.375. The molecule has 4 nitrogen and oxygen atoms in total. The van der Waals surface area contributed by atoms with Crippen molar-refractivity contribution < 1.29 is 4.74 Å². The zero-order chi connectivity index (χ0) is 14.5. The van der Waals surface area contributed by atoms with E-state index in [2.05, 4.69) is 48.4 Å². The summed E-state index contributed by atoms with van der Waals surface area (Å²) in [6.45, 7) is 9.88. The van der Waals surface area contributed by atoms with Crippen molar-refractivity contribution in [3.8, 4) is 11.6 Å². The van der Waals surface area contributed by atoms with Gasteiger partial charge in [0.15, 0.2) is 0 Å². The molecule has 0 amide bonds. The van der Waals surface area contributed by atoms with Crippen LogP contribution in [-0.4, -0.2) is 16.7 Å². The summed E-state index contributed by atoms with van der Waals surface area (Å²) in [5, 5.41) is 11.5. The summed E-state index contributed by atoms with van der Waals surface area (Å²) in [4.78, 5) is 0. The Morgan fingerprint density at radius 2 is 1.75 bits per heavy atom. The number of ether oxygens (including phenoxy) is 1. The number of nitrogens with zero attached hydrogens (tertiary/aromatic N) is 2. The van der Waals surface area contributed by atoms with Gasteiger partial charge in [0.05, 0.1) is 5.69 Å². The van der Waals surface area contributed by atoms with E-state index < -0.39 is 0 Å². The molecular weight excluding hydrogens is 250 g/mol. The minimum absolute atomic E-state index is 0.530. The molecule has 0 saturated heterocycles. The molecule has 0 aliphatic heterocycles. The number of benzene rings is 1. The molecule has 0 radical (unpaired) electrons. The highest BCUT2D eigenvalue weighted by atomic mass is 16.5. The van der Waals surface area contributed by atoms with Crippen molar-refractivity contribution in [3.05, 3.63) is 46.6 Å². The topological polar surface area (TPSA) is 47.0 Å². The molecular formula is C16H21N3O. The quantitative estimate of drug-likeness (QED) is 0.906. The minimum atomic E-state index is 0.530. The van der Waals surface area contributed by atoms with Gasteiger partial charge in [-0.25, -0.2) is 0 Å². The van der Waals surface area contributed by atoms with Crippen LogP contribution in [0.2, 0.25) is 0 Å². The molecule has 0 unspecified atom stereocenters. The molecule has 4 heteroatoms. The normalized spacial score (nSPS) is 10.6. The summed E-state index contributed by atoms with van der Waals surface area (Å²) < 4.78 is 5.89. The SMILES string of the molecule is CCNCc1ccc(Oc2c(C)ccc(C)c2C)nn1. The maximum atomic E-state index is 5.89. The zero-order valence-electron chi connectivity index (χ0n) is 12.5. The Balaban J connectivity index is 2.16. The molecule has 2 aromatic rings. The molecule has 1 aromatic heterocycles. The first kappa shape index (κ1) is 14.5. The van der Waals surface area contributed by atoms with Gasteiger partial charge in [0.2, 0.25) is 5.88 Å². The number of aromatic nitrogens is 2. The van der Waals surface area contributed by atoms with Gasteiger partial charge in [0.25, 0.3) is 0 Å². The van der Waals surface area contributed by atoms with Crippen LogP contribution in [-0.2, 0) is 6.54 Å². The van der Waals surface area contributed by atoms with E-state index in [0.717, 1.165) is 35.7 Å². The first-order valence-electron chi connectivity index (χ1n) is 6.89. The lowest BCUT2D eigenvalue weighted by Crippen LogP contribution is -2.13. The number of nitrogens with one attached hydrogen (secondary N) is 1. The summed E-state index contributed by atoms with van der Waals surface area (Å²) in [6.07, 6.45) is 0. The highest BCUT2D eigenvalue weighted by Gasteiger charge is 2.08. The molecule has 106 valence electrons. The first-order chi connectivity index (χ1) is 9.61. The van der Waals surface area contributed by atoms with Crippen LogP contribution in [0.25, 0.3) is 0 Å². The Hall–Kier alpha value is -1.94. The van der Waals surface area contributed by atoms with Crippen LogP contribution >= 0.6 is 0 Å². The van der Waals surface area contributed by atoms with E-state index in [0.29, 0.717) is 5.88 Å². The van der Waals surface area contributed by atoms with Crippen molar-refractivity contribution >= 4 is 0 Å². The van der Waals surface area contributed by atoms with E-state index in [9.17, 15) is 0 Å². The Morgan fingerprint density at radius 3 is 2.40 bits per heavy atom. The summed E-state index contributed by atoms with van der Waals surface area (Å²) in [6, 6.07) is 7.96. The van der Waals surface area contributed by atoms with Gasteiger partial charge in [-0.3, -0.25) is 0 Å². The number of hydrogen-bond donors (Lipinski definition) is 1. The predicted octanol–water partition coefficient (Wildman–Crippen LogP) is 3.30. The van der Waals surface area contributed by atoms with Crippen molar-refractivity contribution in [2.45, 2.75) is 34.2 Å². The Labute approximate surface area is 120 Å². The number of hydrogen-bond acceptors (Lipinski definition) is 4. The largest absolute Gasteiger partial charge is 0.437 e. The molecule has 1 N–H and O–H groups in total. The van der Waals surface area contributed by atoms with Gasteiger partial charge in [0, 0.05) is 12.6 Å². The smallest absolute Gasteiger partial charge is 0.238 e. The van der Waals surface area contributed by atoms with Crippen molar-refractivity contribution in [2.75, 3.05) is 6.54 Å². The van der Waals surface area contributed by atoms with Crippen molar-refractivity contribution in [2.24, 2.45) is 0 Å². The van der Waals surface area contributed by atoms with E-state index in [1.807, 2.05) is 19.1 Å². The summed E-state index contributed by atoms with van der Waals surface area (Å²) >= 11 is 0. The Kier molecular flexibility index (Phi) is 4.69. The minimum Gasteiger partial charge on any atom is -0.437 e. The van der Waals surface area contributed by atoms with Crippen LogP contribution in [0.5, 0.6) is 11.6 Å². The lowest BCUT2D eigenvalue weighted by Gasteiger charge is -2.12. The molecule has 20 heavy (non-hydrogen) atoms. The van der Waals surface area contributed by atoms with Crippen LogP contribution in [0.15, 0.2) is 24.3 Å². The highest BCUT2D eigenvalue weighted by Crippen LogP contribution is 2.29. The maximum Gasteiger partial charge on any atom is 0.238 e. The summed E-state index contributed by atoms with van der Waals surface area (Å²) in [5.41, 5.74) is 4.37. The van der Waals surface area contributed by atoms with E-state index in [1.165, 1.54) is 5.56 Å². The van der Waals surface area contributed by atoms with E-state index in [1.54, 1.807) is 0 Å². The van der Waals surface area contributed by atoms with Gasteiger partial charge in [-0.15, -0.1) is 5.10 Å². The molecule has 1 aromatic carbocycles. The van der Waals surface area contributed by atoms with Crippen LogP contribution in [0.1, 0.15) is 29.3 Å². The molecule has 1 heterocycles. The van der Waals surface area contributed by atoms with Gasteiger partial charge in [0.1, 0.15) is 5.75 Å². The second-order valence-corrected chi connectivity index (χ2v) is 4.90. The molecule has 2 rings (SSSR count). The number of rotatable bonds is 5. The molecule has 0 aliphatic carbocycles. The van der Waals surface area contributed by atoms with E-state index in [-0.39, 0.29) is 0 Å². The fourth-order valence-corrected chi connectivity index (χ4v) is 1.94. The predicted molar refractivity (Wildman–Crippen MR) is 80.1 cm³/mol. The van der Waals surface area contributed by atoms with Crippen molar-refractivity contribution in [3.63, 3.8) is 0 Å². The lowest BCUT2D eigenvalue weighted by atomic mass is 10.1. The van der Waals surface area contributed by atoms with Gasteiger partial charge in [-0.05, 0) is 50.1 Å². The molecule has 0 spiro atoms. The van der Waals surface area contributed by atoms with Crippen molar-refractivity contribution in [1.29, 1.82) is 0 Å². The third-order valence-electron chi connectivity index (χ3n) is 3.33. The Morgan fingerprint density at radius 1 is 1.00 bits per heavy atom. The highest BCUT2D eigenvalue weighted by molar-refractivity contribution is 5.46. The lowest BCUT2D eigenvalue weighted by molar-refractivity contribution is 0.446. The standard InChI is InChI=1S/C16H21N3O/c1-5-17-10-14-8-9-15(19-18-14)20-16-12(3)7-6-11(2)13(16)4/h6-9,17H,5,10H2,1-4H3. The first-order valence-corrected chi connectivity index (χ1v) is 6.89. The fourth-order valence-electron chi connectivity index (χ4n) is 1.94. The second kappa shape index (κ2) is 6.48. The second-order valence-electron chi connectivity index (χ2n) is 4.90. The average Bonchev–Trinajstić information content (AvgIpc) is 2.47. The summed E-state index contributed by atoms with van der Waals surface area (Å²) in [5.74, 6) is 1.40. The van der Waals surface area contributed by atoms with Crippen molar-refractivity contribution in [1.82, 2.24) is 15.5 Å². The third kappa shape index (κ3) is 3.33.